The highest BCUT2D eigenvalue weighted by Crippen LogP contribution is 2.27. The quantitative estimate of drug-likeness (QED) is 0.770. The molecule has 0 radical (unpaired) electrons. The number of ether oxygens (including phenoxy) is 1. The normalized spacial score (nSPS) is 20.3. The number of aromatic nitrogens is 3. The second kappa shape index (κ2) is 6.90. The highest BCUT2D eigenvalue weighted by atomic mass is 16.5. The molecular formula is C18H19N5O2. The molecule has 25 heavy (non-hydrogen) atoms. The van der Waals surface area contributed by atoms with Gasteiger partial charge in [0.2, 0.25) is 5.95 Å². The Morgan fingerprint density at radius 1 is 1.12 bits per heavy atom. The van der Waals surface area contributed by atoms with E-state index in [1.54, 1.807) is 4.40 Å². The van der Waals surface area contributed by atoms with E-state index in [0.29, 0.717) is 18.2 Å². The number of hydrogen-bond donors (Lipinski definition) is 2. The van der Waals surface area contributed by atoms with E-state index in [1.807, 2.05) is 42.6 Å². The molecule has 7 heteroatoms. The summed E-state index contributed by atoms with van der Waals surface area (Å²) in [6.07, 6.45) is 3.36. The highest BCUT2D eigenvalue weighted by molar-refractivity contribution is 5.88. The van der Waals surface area contributed by atoms with Crippen molar-refractivity contribution in [3.8, 4) is 0 Å². The minimum Gasteiger partial charge on any atom is -0.373 e. The van der Waals surface area contributed by atoms with Gasteiger partial charge in [0.1, 0.15) is 0 Å². The van der Waals surface area contributed by atoms with Gasteiger partial charge >= 0.3 is 6.03 Å². The Labute approximate surface area is 145 Å². The number of fused-ring (bicyclic) bond motifs is 1. The molecule has 1 saturated heterocycles. The Kier molecular flexibility index (Phi) is 4.30. The number of pyridine rings is 1. The fraction of sp³-hybridized carbons (Fsp3) is 0.278. The van der Waals surface area contributed by atoms with Crippen molar-refractivity contribution in [3.63, 3.8) is 0 Å². The average molecular weight is 337 g/mol. The molecule has 0 spiro atoms. The Balaban J connectivity index is 1.39. The first-order chi connectivity index (χ1) is 12.3. The number of benzene rings is 1. The number of nitrogens with zero attached hydrogens (tertiary/aromatic N) is 3. The lowest BCUT2D eigenvalue weighted by Crippen LogP contribution is -2.42. The molecule has 2 aromatic heterocycles. The van der Waals surface area contributed by atoms with Crippen LogP contribution in [0, 0.1) is 0 Å². The van der Waals surface area contributed by atoms with Crippen LogP contribution in [0.4, 0.5) is 10.7 Å². The second-order valence-electron chi connectivity index (χ2n) is 6.04. The monoisotopic (exact) mass is 337 g/mol. The smallest absolute Gasteiger partial charge is 0.321 e. The van der Waals surface area contributed by atoms with Crippen LogP contribution < -0.4 is 10.6 Å². The summed E-state index contributed by atoms with van der Waals surface area (Å²) in [5.41, 5.74) is 1.82. The Bertz CT molecular complexity index is 864. The first-order valence-electron chi connectivity index (χ1n) is 8.33. The molecule has 1 aromatic carbocycles. The Morgan fingerprint density at radius 3 is 2.84 bits per heavy atom. The minimum absolute atomic E-state index is 0.00849. The van der Waals surface area contributed by atoms with E-state index >= 15 is 0 Å². The third-order valence-corrected chi connectivity index (χ3v) is 4.33. The first kappa shape index (κ1) is 15.6. The van der Waals surface area contributed by atoms with Gasteiger partial charge in [-0.15, -0.1) is 10.2 Å². The molecule has 2 N–H and O–H groups in total. The van der Waals surface area contributed by atoms with Crippen LogP contribution in [-0.4, -0.2) is 33.3 Å². The van der Waals surface area contributed by atoms with E-state index in [2.05, 4.69) is 33.0 Å². The van der Waals surface area contributed by atoms with Crippen LogP contribution in [0.2, 0.25) is 0 Å². The largest absolute Gasteiger partial charge is 0.373 e. The van der Waals surface area contributed by atoms with Gasteiger partial charge in [0, 0.05) is 18.8 Å². The summed E-state index contributed by atoms with van der Waals surface area (Å²) < 4.78 is 7.57. The number of carbonyl (C=O) groups excluding carboxylic acids is 1. The lowest BCUT2D eigenvalue weighted by Gasteiger charge is -2.30. The first-order valence-corrected chi connectivity index (χ1v) is 8.33. The van der Waals surface area contributed by atoms with Crippen LogP contribution in [0.5, 0.6) is 0 Å². The van der Waals surface area contributed by atoms with Gasteiger partial charge in [0.15, 0.2) is 5.65 Å². The molecule has 1 aliphatic rings. The number of anilines is 1. The van der Waals surface area contributed by atoms with Gasteiger partial charge in [0.05, 0.1) is 6.10 Å². The number of rotatable bonds is 3. The molecule has 0 unspecified atom stereocenters. The molecule has 1 aliphatic heterocycles. The molecule has 4 rings (SSSR count). The van der Waals surface area contributed by atoms with Gasteiger partial charge in [0.25, 0.3) is 0 Å². The van der Waals surface area contributed by atoms with Gasteiger partial charge < -0.3 is 10.1 Å². The zero-order valence-electron chi connectivity index (χ0n) is 13.6. The Hall–Kier alpha value is -2.93. The summed E-state index contributed by atoms with van der Waals surface area (Å²) in [6.45, 7) is 0.623. The summed E-state index contributed by atoms with van der Waals surface area (Å²) in [5.74, 6) is 0.403. The summed E-state index contributed by atoms with van der Waals surface area (Å²) >= 11 is 0. The number of nitrogens with one attached hydrogen (secondary N) is 2. The maximum absolute atomic E-state index is 12.3. The van der Waals surface area contributed by atoms with Crippen LogP contribution in [0.15, 0.2) is 54.7 Å². The van der Waals surface area contributed by atoms with Gasteiger partial charge in [-0.3, -0.25) is 9.72 Å². The van der Waals surface area contributed by atoms with Crippen molar-refractivity contribution in [1.82, 2.24) is 19.9 Å². The van der Waals surface area contributed by atoms with Crippen molar-refractivity contribution in [2.75, 3.05) is 11.9 Å². The zero-order chi connectivity index (χ0) is 17.1. The topological polar surface area (TPSA) is 80.6 Å². The fourth-order valence-corrected chi connectivity index (χ4v) is 3.08. The van der Waals surface area contributed by atoms with Crippen LogP contribution in [-0.2, 0) is 4.74 Å². The van der Waals surface area contributed by atoms with Crippen LogP contribution in [0.25, 0.3) is 5.65 Å². The van der Waals surface area contributed by atoms with E-state index in [4.69, 9.17) is 4.74 Å². The SMILES string of the molecule is O=C(Nc1nnc2ccccn12)N[C@@H]1CCO[C@@H](c2ccccc2)C1. The predicted octanol–water partition coefficient (Wildman–Crippen LogP) is 2.77. The zero-order valence-corrected chi connectivity index (χ0v) is 13.6. The van der Waals surface area contributed by atoms with Crippen molar-refractivity contribution in [1.29, 1.82) is 0 Å². The molecular weight excluding hydrogens is 318 g/mol. The maximum atomic E-state index is 12.3. The third kappa shape index (κ3) is 3.46. The summed E-state index contributed by atoms with van der Waals surface area (Å²) in [5, 5.41) is 13.8. The van der Waals surface area contributed by atoms with E-state index < -0.39 is 0 Å². The van der Waals surface area contributed by atoms with Crippen LogP contribution in [0.1, 0.15) is 24.5 Å². The van der Waals surface area contributed by atoms with E-state index in [-0.39, 0.29) is 18.2 Å². The standard InChI is InChI=1S/C18H19N5O2/c24-18(20-17-22-21-16-8-4-5-10-23(16)17)19-14-9-11-25-15(12-14)13-6-2-1-3-7-13/h1-8,10,14-15H,9,11-12H2,(H2,19,20,22,24)/t14-,15-/m1/s1. The molecule has 128 valence electrons. The molecule has 0 aliphatic carbocycles. The number of urea groups is 1. The summed E-state index contributed by atoms with van der Waals surface area (Å²) in [4.78, 5) is 12.3. The number of hydrogen-bond acceptors (Lipinski definition) is 4. The molecule has 3 heterocycles. The summed E-state index contributed by atoms with van der Waals surface area (Å²) in [6, 6.07) is 15.4. The van der Waals surface area contributed by atoms with Crippen molar-refractivity contribution >= 4 is 17.6 Å². The van der Waals surface area contributed by atoms with Crippen molar-refractivity contribution in [2.24, 2.45) is 0 Å². The van der Waals surface area contributed by atoms with E-state index in [0.717, 1.165) is 18.4 Å². The fourth-order valence-electron chi connectivity index (χ4n) is 3.08. The minimum atomic E-state index is -0.281. The van der Waals surface area contributed by atoms with Gasteiger partial charge in [-0.25, -0.2) is 4.79 Å². The molecule has 7 nitrogen and oxygen atoms in total. The number of carbonyl (C=O) groups is 1. The lowest BCUT2D eigenvalue weighted by molar-refractivity contribution is 0.00253. The average Bonchev–Trinajstić information content (AvgIpc) is 3.06. The molecule has 0 bridgehead atoms. The summed E-state index contributed by atoms with van der Waals surface area (Å²) in [7, 11) is 0. The molecule has 2 atom stereocenters. The Morgan fingerprint density at radius 2 is 1.96 bits per heavy atom. The second-order valence-corrected chi connectivity index (χ2v) is 6.04. The molecule has 0 saturated carbocycles. The van der Waals surface area contributed by atoms with Crippen LogP contribution in [0.3, 0.4) is 0 Å². The van der Waals surface area contributed by atoms with Gasteiger partial charge in [-0.1, -0.05) is 36.4 Å². The maximum Gasteiger partial charge on any atom is 0.321 e. The van der Waals surface area contributed by atoms with Gasteiger partial charge in [-0.05, 0) is 30.5 Å². The van der Waals surface area contributed by atoms with Crippen molar-refractivity contribution in [2.45, 2.75) is 25.0 Å². The predicted molar refractivity (Wildman–Crippen MR) is 93.3 cm³/mol. The van der Waals surface area contributed by atoms with Crippen molar-refractivity contribution < 1.29 is 9.53 Å². The molecule has 2 amide bonds. The molecule has 1 fully saturated rings. The van der Waals surface area contributed by atoms with Crippen LogP contribution >= 0.6 is 0 Å². The third-order valence-electron chi connectivity index (χ3n) is 4.33. The lowest BCUT2D eigenvalue weighted by atomic mass is 9.97. The van der Waals surface area contributed by atoms with E-state index in [1.165, 1.54) is 0 Å². The molecule has 3 aromatic rings. The number of amides is 2. The highest BCUT2D eigenvalue weighted by Gasteiger charge is 2.25. The van der Waals surface area contributed by atoms with Crippen molar-refractivity contribution in [3.05, 3.63) is 60.3 Å². The van der Waals surface area contributed by atoms with E-state index in [9.17, 15) is 4.79 Å². The van der Waals surface area contributed by atoms with Gasteiger partial charge in [-0.2, -0.15) is 0 Å².